The molecule has 0 aliphatic heterocycles. The van der Waals surface area contributed by atoms with Crippen LogP contribution in [0.4, 0.5) is 0 Å². The standard InChI is InChI=1S/C14H23NO2/c1-14(2,3)10-7-8-12(16-5)11(9-10)13(15-4)17-6/h7-9,13,15H,1-6H3. The fraction of sp³-hybridized carbons (Fsp3) is 0.571. The molecule has 17 heavy (non-hydrogen) atoms. The first-order valence-electron chi connectivity index (χ1n) is 5.82. The third kappa shape index (κ3) is 3.20. The van der Waals surface area contributed by atoms with Crippen molar-refractivity contribution in [1.29, 1.82) is 0 Å². The molecule has 0 aromatic heterocycles. The topological polar surface area (TPSA) is 30.5 Å². The highest BCUT2D eigenvalue weighted by molar-refractivity contribution is 5.41. The van der Waals surface area contributed by atoms with Crippen LogP contribution < -0.4 is 10.1 Å². The van der Waals surface area contributed by atoms with Gasteiger partial charge in [0.2, 0.25) is 0 Å². The molecule has 1 aromatic carbocycles. The van der Waals surface area contributed by atoms with Gasteiger partial charge in [0.25, 0.3) is 0 Å². The Balaban J connectivity index is 3.24. The average molecular weight is 237 g/mol. The van der Waals surface area contributed by atoms with Gasteiger partial charge in [0, 0.05) is 12.7 Å². The lowest BCUT2D eigenvalue weighted by molar-refractivity contribution is 0.0785. The van der Waals surface area contributed by atoms with Gasteiger partial charge in [-0.3, -0.25) is 5.32 Å². The number of benzene rings is 1. The van der Waals surface area contributed by atoms with Crippen molar-refractivity contribution in [3.05, 3.63) is 29.3 Å². The highest BCUT2D eigenvalue weighted by Gasteiger charge is 2.19. The molecule has 0 heterocycles. The molecule has 0 aliphatic carbocycles. The Kier molecular flexibility index (Phi) is 4.54. The molecule has 1 N–H and O–H groups in total. The minimum atomic E-state index is -0.146. The summed E-state index contributed by atoms with van der Waals surface area (Å²) in [5.74, 6) is 0.846. The fourth-order valence-corrected chi connectivity index (χ4v) is 1.81. The zero-order valence-corrected chi connectivity index (χ0v) is 11.6. The summed E-state index contributed by atoms with van der Waals surface area (Å²) in [6.07, 6.45) is -0.146. The monoisotopic (exact) mass is 237 g/mol. The van der Waals surface area contributed by atoms with Crippen molar-refractivity contribution in [3.63, 3.8) is 0 Å². The molecule has 0 bridgehead atoms. The van der Waals surface area contributed by atoms with E-state index in [1.165, 1.54) is 5.56 Å². The molecule has 0 radical (unpaired) electrons. The van der Waals surface area contributed by atoms with Crippen LogP contribution in [0.3, 0.4) is 0 Å². The Morgan fingerprint density at radius 2 is 1.82 bits per heavy atom. The summed E-state index contributed by atoms with van der Waals surface area (Å²) in [5, 5.41) is 3.12. The molecule has 3 nitrogen and oxygen atoms in total. The van der Waals surface area contributed by atoms with Gasteiger partial charge in [0.1, 0.15) is 12.0 Å². The molecule has 1 aromatic rings. The predicted octanol–water partition coefficient (Wildman–Crippen LogP) is 2.86. The van der Waals surface area contributed by atoms with Gasteiger partial charge < -0.3 is 9.47 Å². The number of ether oxygens (including phenoxy) is 2. The maximum Gasteiger partial charge on any atom is 0.137 e. The maximum absolute atomic E-state index is 5.40. The molecule has 1 unspecified atom stereocenters. The van der Waals surface area contributed by atoms with Crippen molar-refractivity contribution in [3.8, 4) is 5.75 Å². The first kappa shape index (κ1) is 14.0. The normalized spacial score (nSPS) is 13.5. The molecule has 1 rings (SSSR count). The van der Waals surface area contributed by atoms with Crippen LogP contribution in [-0.4, -0.2) is 21.3 Å². The van der Waals surface area contributed by atoms with Gasteiger partial charge in [-0.05, 0) is 30.2 Å². The lowest BCUT2D eigenvalue weighted by atomic mass is 9.86. The van der Waals surface area contributed by atoms with Crippen molar-refractivity contribution in [1.82, 2.24) is 5.32 Å². The first-order chi connectivity index (χ1) is 7.93. The molecule has 0 saturated heterocycles. The van der Waals surface area contributed by atoms with Gasteiger partial charge in [-0.1, -0.05) is 26.8 Å². The first-order valence-corrected chi connectivity index (χ1v) is 5.82. The van der Waals surface area contributed by atoms with Crippen LogP contribution in [0, 0.1) is 0 Å². The van der Waals surface area contributed by atoms with Crippen LogP contribution in [0.15, 0.2) is 18.2 Å². The van der Waals surface area contributed by atoms with Crippen LogP contribution in [0.2, 0.25) is 0 Å². The van der Waals surface area contributed by atoms with Crippen LogP contribution in [0.25, 0.3) is 0 Å². The summed E-state index contributed by atoms with van der Waals surface area (Å²) < 4.78 is 10.8. The van der Waals surface area contributed by atoms with Gasteiger partial charge in [-0.2, -0.15) is 0 Å². The van der Waals surface area contributed by atoms with E-state index >= 15 is 0 Å². The summed E-state index contributed by atoms with van der Waals surface area (Å²) >= 11 is 0. The lowest BCUT2D eigenvalue weighted by Gasteiger charge is -2.24. The minimum absolute atomic E-state index is 0.118. The maximum atomic E-state index is 5.40. The fourth-order valence-electron chi connectivity index (χ4n) is 1.81. The summed E-state index contributed by atoms with van der Waals surface area (Å²) in [4.78, 5) is 0. The smallest absolute Gasteiger partial charge is 0.137 e. The van der Waals surface area contributed by atoms with E-state index in [-0.39, 0.29) is 11.6 Å². The van der Waals surface area contributed by atoms with Crippen molar-refractivity contribution < 1.29 is 9.47 Å². The summed E-state index contributed by atoms with van der Waals surface area (Å²) in [7, 11) is 5.24. The lowest BCUT2D eigenvalue weighted by Crippen LogP contribution is -2.20. The Morgan fingerprint density at radius 3 is 2.24 bits per heavy atom. The number of rotatable bonds is 4. The quantitative estimate of drug-likeness (QED) is 0.817. The molecule has 1 atom stereocenters. The van der Waals surface area contributed by atoms with E-state index in [1.807, 2.05) is 13.1 Å². The predicted molar refractivity (Wildman–Crippen MR) is 70.5 cm³/mol. The largest absolute Gasteiger partial charge is 0.496 e. The molecule has 0 spiro atoms. The van der Waals surface area contributed by atoms with Crippen LogP contribution >= 0.6 is 0 Å². The molecule has 0 amide bonds. The zero-order chi connectivity index (χ0) is 13.1. The van der Waals surface area contributed by atoms with Crippen molar-refractivity contribution in [2.45, 2.75) is 32.4 Å². The van der Waals surface area contributed by atoms with E-state index < -0.39 is 0 Å². The van der Waals surface area contributed by atoms with Crippen molar-refractivity contribution in [2.75, 3.05) is 21.3 Å². The highest BCUT2D eigenvalue weighted by Crippen LogP contribution is 2.31. The van der Waals surface area contributed by atoms with E-state index in [9.17, 15) is 0 Å². The van der Waals surface area contributed by atoms with Gasteiger partial charge in [-0.15, -0.1) is 0 Å². The van der Waals surface area contributed by atoms with Crippen LogP contribution in [0.5, 0.6) is 5.75 Å². The molecule has 96 valence electrons. The third-order valence-corrected chi connectivity index (χ3v) is 2.88. The Morgan fingerprint density at radius 1 is 1.18 bits per heavy atom. The van der Waals surface area contributed by atoms with Crippen LogP contribution in [0.1, 0.15) is 38.1 Å². The second-order valence-electron chi connectivity index (χ2n) is 5.11. The second kappa shape index (κ2) is 5.52. The van der Waals surface area contributed by atoms with E-state index in [2.05, 4.69) is 38.2 Å². The number of hydrogen-bond acceptors (Lipinski definition) is 3. The zero-order valence-electron chi connectivity index (χ0n) is 11.6. The summed E-state index contributed by atoms with van der Waals surface area (Å²) in [6.45, 7) is 6.58. The van der Waals surface area contributed by atoms with Crippen molar-refractivity contribution in [2.24, 2.45) is 0 Å². The number of hydrogen-bond donors (Lipinski definition) is 1. The van der Waals surface area contributed by atoms with Gasteiger partial charge >= 0.3 is 0 Å². The van der Waals surface area contributed by atoms with Gasteiger partial charge in [-0.25, -0.2) is 0 Å². The molecular weight excluding hydrogens is 214 g/mol. The van der Waals surface area contributed by atoms with E-state index in [4.69, 9.17) is 9.47 Å². The van der Waals surface area contributed by atoms with E-state index in [1.54, 1.807) is 14.2 Å². The molecular formula is C14H23NO2. The number of methoxy groups -OCH3 is 2. The second-order valence-corrected chi connectivity index (χ2v) is 5.11. The SMILES string of the molecule is CNC(OC)c1cc(C(C)(C)C)ccc1OC. The summed E-state index contributed by atoms with van der Waals surface area (Å²) in [5.41, 5.74) is 2.42. The van der Waals surface area contributed by atoms with Gasteiger partial charge in [0.15, 0.2) is 0 Å². The molecule has 3 heteroatoms. The minimum Gasteiger partial charge on any atom is -0.496 e. The molecule has 0 aliphatic rings. The number of nitrogens with one attached hydrogen (secondary N) is 1. The van der Waals surface area contributed by atoms with Gasteiger partial charge in [0.05, 0.1) is 7.11 Å². The molecule has 0 fully saturated rings. The Labute approximate surface area is 104 Å². The Hall–Kier alpha value is -1.06. The third-order valence-electron chi connectivity index (χ3n) is 2.88. The van der Waals surface area contributed by atoms with Crippen molar-refractivity contribution >= 4 is 0 Å². The van der Waals surface area contributed by atoms with E-state index in [0.29, 0.717) is 0 Å². The Bertz CT molecular complexity index is 365. The average Bonchev–Trinajstić information content (AvgIpc) is 2.29. The van der Waals surface area contributed by atoms with Crippen LogP contribution in [-0.2, 0) is 10.2 Å². The summed E-state index contributed by atoms with van der Waals surface area (Å²) in [6, 6.07) is 6.24. The highest BCUT2D eigenvalue weighted by atomic mass is 16.5. The molecule has 0 saturated carbocycles. The van der Waals surface area contributed by atoms with E-state index in [0.717, 1.165) is 11.3 Å².